The molecule has 6 heteroatoms. The molecule has 0 fully saturated rings. The summed E-state index contributed by atoms with van der Waals surface area (Å²) in [4.78, 5) is 14.6. The highest BCUT2D eigenvalue weighted by Gasteiger charge is 2.37. The zero-order valence-corrected chi connectivity index (χ0v) is 18.7. The Morgan fingerprint density at radius 2 is 2.00 bits per heavy atom. The van der Waals surface area contributed by atoms with Gasteiger partial charge in [-0.15, -0.1) is 0 Å². The monoisotopic (exact) mass is 408 g/mol. The molecule has 1 aliphatic rings. The molecule has 0 bridgehead atoms. The number of rotatable bonds is 5. The van der Waals surface area contributed by atoms with Crippen molar-refractivity contribution in [2.24, 2.45) is 5.10 Å². The van der Waals surface area contributed by atoms with E-state index in [1.807, 2.05) is 18.2 Å². The van der Waals surface area contributed by atoms with Crippen molar-refractivity contribution in [1.29, 1.82) is 0 Å². The van der Waals surface area contributed by atoms with Gasteiger partial charge in [-0.05, 0) is 75.4 Å². The van der Waals surface area contributed by atoms with Crippen molar-refractivity contribution in [3.05, 3.63) is 53.6 Å². The number of nitrogens with zero attached hydrogens (tertiary/aromatic N) is 2. The molecule has 3 rings (SSSR count). The van der Waals surface area contributed by atoms with Crippen LogP contribution >= 0.6 is 0 Å². The van der Waals surface area contributed by atoms with Gasteiger partial charge in [0.05, 0.1) is 19.0 Å². The third-order valence-corrected chi connectivity index (χ3v) is 5.55. The number of urea groups is 1. The van der Waals surface area contributed by atoms with Crippen molar-refractivity contribution in [3.63, 3.8) is 0 Å². The number of benzene rings is 2. The first kappa shape index (κ1) is 21.7. The third-order valence-electron chi connectivity index (χ3n) is 5.55. The third kappa shape index (κ3) is 4.58. The first-order valence-corrected chi connectivity index (χ1v) is 10.4. The second-order valence-electron chi connectivity index (χ2n) is 8.72. The van der Waals surface area contributed by atoms with E-state index in [2.05, 4.69) is 67.5 Å². The van der Waals surface area contributed by atoms with Crippen LogP contribution in [0.3, 0.4) is 0 Å². The van der Waals surface area contributed by atoms with E-state index in [1.165, 1.54) is 11.3 Å². The molecule has 6 nitrogen and oxygen atoms in total. The second-order valence-corrected chi connectivity index (χ2v) is 8.72. The molecule has 2 aromatic carbocycles. The largest absolute Gasteiger partial charge is 0.495 e. The molecule has 0 saturated heterocycles. The van der Waals surface area contributed by atoms with Crippen LogP contribution in [-0.2, 0) is 0 Å². The molecule has 2 aromatic rings. The minimum Gasteiger partial charge on any atom is -0.495 e. The average molecular weight is 409 g/mol. The van der Waals surface area contributed by atoms with Crippen molar-refractivity contribution in [3.8, 4) is 5.75 Å². The predicted molar refractivity (Wildman–Crippen MR) is 124 cm³/mol. The van der Waals surface area contributed by atoms with Crippen molar-refractivity contribution in [2.45, 2.75) is 58.5 Å². The maximum atomic E-state index is 12.1. The fraction of sp³-hybridized carbons (Fsp3) is 0.417. The molecule has 0 spiro atoms. The van der Waals surface area contributed by atoms with Gasteiger partial charge in [0.25, 0.3) is 0 Å². The highest BCUT2D eigenvalue weighted by atomic mass is 16.5. The number of amides is 2. The molecule has 30 heavy (non-hydrogen) atoms. The SMILES string of the molecule is COc1ccccc1NC(=O)N/N=C\c1ccc2c(c1)C(C)CC(C)(C)N2C(C)C. The Labute approximate surface area is 179 Å². The summed E-state index contributed by atoms with van der Waals surface area (Å²) in [6, 6.07) is 13.6. The van der Waals surface area contributed by atoms with Gasteiger partial charge in [-0.3, -0.25) is 0 Å². The van der Waals surface area contributed by atoms with E-state index in [0.29, 0.717) is 23.4 Å². The Bertz CT molecular complexity index is 937. The van der Waals surface area contributed by atoms with Crippen LogP contribution < -0.4 is 20.4 Å². The highest BCUT2D eigenvalue weighted by Crippen LogP contribution is 2.44. The first-order valence-electron chi connectivity index (χ1n) is 10.4. The van der Waals surface area contributed by atoms with Crippen LogP contribution in [0.4, 0.5) is 16.2 Å². The molecule has 1 atom stereocenters. The number of fused-ring (bicyclic) bond motifs is 1. The topological polar surface area (TPSA) is 66.0 Å². The van der Waals surface area contributed by atoms with E-state index in [9.17, 15) is 4.79 Å². The van der Waals surface area contributed by atoms with Crippen LogP contribution in [0.25, 0.3) is 0 Å². The molecule has 0 aliphatic carbocycles. The number of ether oxygens (including phenoxy) is 1. The number of hydrogen-bond acceptors (Lipinski definition) is 4. The van der Waals surface area contributed by atoms with Gasteiger partial charge in [0.2, 0.25) is 0 Å². The van der Waals surface area contributed by atoms with Gasteiger partial charge < -0.3 is 15.0 Å². The first-order chi connectivity index (χ1) is 14.2. The number of para-hydroxylation sites is 2. The fourth-order valence-corrected chi connectivity index (χ4v) is 4.59. The number of nitrogens with one attached hydrogen (secondary N) is 2. The number of carbonyl (C=O) groups excluding carboxylic acids is 1. The van der Waals surface area contributed by atoms with Crippen molar-refractivity contribution < 1.29 is 9.53 Å². The number of anilines is 2. The Balaban J connectivity index is 1.71. The van der Waals surface area contributed by atoms with Crippen LogP contribution in [0.2, 0.25) is 0 Å². The van der Waals surface area contributed by atoms with Gasteiger partial charge in [0, 0.05) is 17.3 Å². The second kappa shape index (κ2) is 8.78. The predicted octanol–water partition coefficient (Wildman–Crippen LogP) is 5.35. The lowest BCUT2D eigenvalue weighted by atomic mass is 9.79. The maximum Gasteiger partial charge on any atom is 0.339 e. The Morgan fingerprint density at radius 1 is 1.27 bits per heavy atom. The number of carbonyl (C=O) groups is 1. The van der Waals surface area contributed by atoms with Crippen molar-refractivity contribution >= 4 is 23.6 Å². The lowest BCUT2D eigenvalue weighted by Crippen LogP contribution is -2.51. The Morgan fingerprint density at radius 3 is 2.70 bits per heavy atom. The summed E-state index contributed by atoms with van der Waals surface area (Å²) in [5, 5.41) is 6.84. The van der Waals surface area contributed by atoms with Gasteiger partial charge >= 0.3 is 6.03 Å². The maximum absolute atomic E-state index is 12.1. The zero-order chi connectivity index (χ0) is 21.9. The molecule has 0 saturated carbocycles. The summed E-state index contributed by atoms with van der Waals surface area (Å²) in [6.45, 7) is 11.4. The van der Waals surface area contributed by atoms with Gasteiger partial charge in [0.15, 0.2) is 0 Å². The Hall–Kier alpha value is -3.02. The van der Waals surface area contributed by atoms with Crippen LogP contribution in [0.5, 0.6) is 5.75 Å². The number of hydrogen-bond donors (Lipinski definition) is 2. The quantitative estimate of drug-likeness (QED) is 0.518. The summed E-state index contributed by atoms with van der Waals surface area (Å²) in [5.74, 6) is 1.05. The number of hydrazone groups is 1. The molecule has 2 amide bonds. The minimum absolute atomic E-state index is 0.119. The van der Waals surface area contributed by atoms with E-state index in [-0.39, 0.29) is 5.54 Å². The lowest BCUT2D eigenvalue weighted by Gasteiger charge is -2.50. The molecular formula is C24H32N4O2. The van der Waals surface area contributed by atoms with Crippen LogP contribution in [0.1, 0.15) is 58.1 Å². The summed E-state index contributed by atoms with van der Waals surface area (Å²) in [6.07, 6.45) is 2.77. The molecule has 2 N–H and O–H groups in total. The summed E-state index contributed by atoms with van der Waals surface area (Å²) >= 11 is 0. The zero-order valence-electron chi connectivity index (χ0n) is 18.7. The normalized spacial score (nSPS) is 17.7. The van der Waals surface area contributed by atoms with Gasteiger partial charge in [0.1, 0.15) is 5.75 Å². The molecule has 160 valence electrons. The molecule has 1 heterocycles. The van der Waals surface area contributed by atoms with Crippen molar-refractivity contribution in [1.82, 2.24) is 5.43 Å². The summed E-state index contributed by atoms with van der Waals surface area (Å²) < 4.78 is 5.24. The molecule has 1 aliphatic heterocycles. The summed E-state index contributed by atoms with van der Waals surface area (Å²) in [5.41, 5.74) is 6.79. The molecule has 1 unspecified atom stereocenters. The van der Waals surface area contributed by atoms with Crippen LogP contribution in [0, 0.1) is 0 Å². The average Bonchev–Trinajstić information content (AvgIpc) is 2.67. The minimum atomic E-state index is -0.421. The van der Waals surface area contributed by atoms with E-state index >= 15 is 0 Å². The lowest BCUT2D eigenvalue weighted by molar-refractivity contribution is 0.252. The standard InChI is InChI=1S/C24H32N4O2/c1-16(2)28-21-12-11-18(13-19(21)17(3)14-24(28,4)5)15-25-27-23(29)26-20-9-7-8-10-22(20)30-6/h7-13,15-17H,14H2,1-6H3,(H2,26,27,29)/b25-15-. The van der Waals surface area contributed by atoms with Gasteiger partial charge in [-0.1, -0.05) is 25.1 Å². The van der Waals surface area contributed by atoms with E-state index < -0.39 is 6.03 Å². The van der Waals surface area contributed by atoms with E-state index in [0.717, 1.165) is 12.0 Å². The summed E-state index contributed by atoms with van der Waals surface area (Å²) in [7, 11) is 1.56. The van der Waals surface area contributed by atoms with E-state index in [1.54, 1.807) is 25.5 Å². The molecule has 0 aromatic heterocycles. The fourth-order valence-electron chi connectivity index (χ4n) is 4.59. The van der Waals surface area contributed by atoms with Gasteiger partial charge in [-0.25, -0.2) is 10.2 Å². The van der Waals surface area contributed by atoms with Crippen LogP contribution in [-0.4, -0.2) is 30.9 Å². The van der Waals surface area contributed by atoms with Crippen molar-refractivity contribution in [2.75, 3.05) is 17.3 Å². The van der Waals surface area contributed by atoms with Gasteiger partial charge in [-0.2, -0.15) is 5.10 Å². The number of methoxy groups -OCH3 is 1. The van der Waals surface area contributed by atoms with E-state index in [4.69, 9.17) is 4.74 Å². The smallest absolute Gasteiger partial charge is 0.339 e. The Kier molecular flexibility index (Phi) is 6.34. The van der Waals surface area contributed by atoms with Crippen LogP contribution in [0.15, 0.2) is 47.6 Å². The molecular weight excluding hydrogens is 376 g/mol. The molecule has 0 radical (unpaired) electrons. The highest BCUT2D eigenvalue weighted by molar-refractivity contribution is 5.92.